The second-order valence-electron chi connectivity index (χ2n) is 15.0. The number of rotatable bonds is 5. The van der Waals surface area contributed by atoms with Crippen molar-refractivity contribution in [3.05, 3.63) is 239 Å². The molecule has 0 N–H and O–H groups in total. The van der Waals surface area contributed by atoms with Gasteiger partial charge in [-0.05, 0) is 56.6 Å². The molecular formula is C53H37N3O. The maximum atomic E-state index is 6.90. The summed E-state index contributed by atoms with van der Waals surface area (Å²) in [4.78, 5) is 12.9. The molecule has 0 aromatic heterocycles. The summed E-state index contributed by atoms with van der Waals surface area (Å²) < 4.78 is 6.90. The van der Waals surface area contributed by atoms with Crippen LogP contribution in [0.25, 0.3) is 33.4 Å². The lowest BCUT2D eigenvalue weighted by Crippen LogP contribution is -2.36. The summed E-state index contributed by atoms with van der Waals surface area (Å²) in [6, 6.07) is 71.1. The Bertz CT molecular complexity index is 2830. The van der Waals surface area contributed by atoms with E-state index in [9.17, 15) is 0 Å². The molecule has 0 saturated carbocycles. The zero-order valence-corrected chi connectivity index (χ0v) is 31.4. The molecule has 57 heavy (non-hydrogen) atoms. The fourth-order valence-corrected chi connectivity index (χ4v) is 9.15. The summed E-state index contributed by atoms with van der Waals surface area (Å²) in [6.45, 7) is 0. The smallest absolute Gasteiger partial charge is 0.159 e. The third-order valence-corrected chi connectivity index (χ3v) is 11.8. The fourth-order valence-electron chi connectivity index (χ4n) is 9.15. The zero-order valence-electron chi connectivity index (χ0n) is 31.4. The minimum absolute atomic E-state index is 0.361. The maximum Gasteiger partial charge on any atom is 0.159 e. The number of hydrogen-bond acceptors (Lipinski definition) is 4. The van der Waals surface area contributed by atoms with Crippen LogP contribution in [-0.2, 0) is 5.41 Å². The van der Waals surface area contributed by atoms with Crippen LogP contribution in [0.4, 0.5) is 0 Å². The molecule has 2 aliphatic heterocycles. The Morgan fingerprint density at radius 3 is 1.53 bits per heavy atom. The van der Waals surface area contributed by atoms with Gasteiger partial charge >= 0.3 is 0 Å². The van der Waals surface area contributed by atoms with Crippen LogP contribution in [0.3, 0.4) is 0 Å². The van der Waals surface area contributed by atoms with Crippen molar-refractivity contribution in [3.8, 4) is 44.9 Å². The predicted molar refractivity (Wildman–Crippen MR) is 231 cm³/mol. The second-order valence-corrected chi connectivity index (χ2v) is 15.0. The van der Waals surface area contributed by atoms with Crippen molar-refractivity contribution in [3.63, 3.8) is 0 Å². The van der Waals surface area contributed by atoms with E-state index in [1.165, 1.54) is 33.4 Å². The highest BCUT2D eigenvalue weighted by molar-refractivity contribution is 6.13. The maximum absolute atomic E-state index is 6.90. The molecule has 8 aromatic rings. The number of aliphatic imine (C=N–C) groups is 2. The Morgan fingerprint density at radius 1 is 0.439 bits per heavy atom. The van der Waals surface area contributed by atoms with E-state index in [0.717, 1.165) is 56.3 Å². The Kier molecular flexibility index (Phi) is 7.65. The van der Waals surface area contributed by atoms with Gasteiger partial charge in [0.2, 0.25) is 0 Å². The minimum atomic E-state index is -0.517. The molecule has 1 aliphatic carbocycles. The van der Waals surface area contributed by atoms with Crippen molar-refractivity contribution in [2.24, 2.45) is 9.98 Å². The van der Waals surface area contributed by atoms with E-state index in [2.05, 4.69) is 200 Å². The molecule has 3 aliphatic rings. The number of benzene rings is 8. The number of nitrogens with zero attached hydrogens (tertiary/aromatic N) is 3. The number of amidine groups is 2. The highest BCUT2D eigenvalue weighted by Crippen LogP contribution is 2.62. The van der Waals surface area contributed by atoms with Crippen molar-refractivity contribution >= 4 is 11.7 Å². The van der Waals surface area contributed by atoms with Gasteiger partial charge in [0.15, 0.2) is 12.0 Å². The van der Waals surface area contributed by atoms with Crippen LogP contribution >= 0.6 is 0 Å². The van der Waals surface area contributed by atoms with Gasteiger partial charge in [0.05, 0.1) is 5.41 Å². The predicted octanol–water partition coefficient (Wildman–Crippen LogP) is 12.3. The molecule has 0 bridgehead atoms. The first-order valence-corrected chi connectivity index (χ1v) is 19.5. The summed E-state index contributed by atoms with van der Waals surface area (Å²) >= 11 is 0. The van der Waals surface area contributed by atoms with Gasteiger partial charge in [0.25, 0.3) is 0 Å². The molecule has 1 unspecified atom stereocenters. The van der Waals surface area contributed by atoms with E-state index >= 15 is 0 Å². The highest BCUT2D eigenvalue weighted by atomic mass is 16.5. The van der Waals surface area contributed by atoms with Gasteiger partial charge in [0.1, 0.15) is 17.3 Å². The monoisotopic (exact) mass is 731 g/mol. The average molecular weight is 732 g/mol. The van der Waals surface area contributed by atoms with Gasteiger partial charge in [-0.1, -0.05) is 188 Å². The fraction of sp³-hybridized carbons (Fsp3) is 0.0566. The lowest BCUT2D eigenvalue weighted by Gasteiger charge is -2.40. The van der Waals surface area contributed by atoms with Gasteiger partial charge in [0, 0.05) is 34.9 Å². The Labute approximate surface area is 332 Å². The second kappa shape index (κ2) is 13.2. The summed E-state index contributed by atoms with van der Waals surface area (Å²) in [6.07, 6.45) is -0.361. The van der Waals surface area contributed by atoms with Crippen molar-refractivity contribution in [1.29, 1.82) is 0 Å². The van der Waals surface area contributed by atoms with Gasteiger partial charge < -0.3 is 9.64 Å². The minimum Gasteiger partial charge on any atom is -0.457 e. The normalized spacial score (nSPS) is 15.7. The molecular weight excluding hydrogens is 695 g/mol. The van der Waals surface area contributed by atoms with Crippen LogP contribution in [-0.4, -0.2) is 23.6 Å². The average Bonchev–Trinajstić information content (AvgIpc) is 3.57. The van der Waals surface area contributed by atoms with Gasteiger partial charge in [-0.2, -0.15) is 0 Å². The lowest BCUT2D eigenvalue weighted by atomic mass is 9.66. The number of ether oxygens (including phenoxy) is 1. The number of hydrogen-bond donors (Lipinski definition) is 0. The van der Waals surface area contributed by atoms with E-state index < -0.39 is 5.41 Å². The molecule has 270 valence electrons. The summed E-state index contributed by atoms with van der Waals surface area (Å²) in [7, 11) is 2.09. The van der Waals surface area contributed by atoms with E-state index in [1.54, 1.807) is 0 Å². The Balaban J connectivity index is 1.05. The third-order valence-electron chi connectivity index (χ3n) is 11.8. The summed E-state index contributed by atoms with van der Waals surface area (Å²) in [5.41, 5.74) is 14.5. The number of fused-ring (bicyclic) bond motifs is 9. The lowest BCUT2D eigenvalue weighted by molar-refractivity contribution is 0.379. The first-order valence-electron chi connectivity index (χ1n) is 19.5. The summed E-state index contributed by atoms with van der Waals surface area (Å²) in [5.74, 6) is 3.26. The molecule has 0 saturated heterocycles. The van der Waals surface area contributed by atoms with Crippen LogP contribution in [0, 0.1) is 0 Å². The van der Waals surface area contributed by atoms with E-state index in [1.807, 2.05) is 12.1 Å². The van der Waals surface area contributed by atoms with Crippen LogP contribution in [0.2, 0.25) is 0 Å². The first kappa shape index (κ1) is 33.1. The third kappa shape index (κ3) is 5.22. The first-order chi connectivity index (χ1) is 28.2. The summed E-state index contributed by atoms with van der Waals surface area (Å²) in [5, 5.41) is 0. The zero-order chi connectivity index (χ0) is 37.9. The topological polar surface area (TPSA) is 37.2 Å². The number of para-hydroxylation sites is 1. The molecule has 0 amide bonds. The molecule has 4 nitrogen and oxygen atoms in total. The van der Waals surface area contributed by atoms with E-state index in [0.29, 0.717) is 5.84 Å². The van der Waals surface area contributed by atoms with Crippen molar-refractivity contribution in [1.82, 2.24) is 4.90 Å². The molecule has 0 radical (unpaired) electrons. The van der Waals surface area contributed by atoms with Crippen molar-refractivity contribution in [2.45, 2.75) is 11.6 Å². The Hall–Kier alpha value is -7.30. The van der Waals surface area contributed by atoms with Crippen LogP contribution < -0.4 is 4.74 Å². The van der Waals surface area contributed by atoms with Gasteiger partial charge in [-0.15, -0.1) is 0 Å². The molecule has 4 heteroatoms. The molecule has 11 rings (SSSR count). The van der Waals surface area contributed by atoms with Gasteiger partial charge in [-0.25, -0.2) is 9.98 Å². The van der Waals surface area contributed by atoms with E-state index in [-0.39, 0.29) is 6.17 Å². The Morgan fingerprint density at radius 2 is 0.912 bits per heavy atom. The van der Waals surface area contributed by atoms with Gasteiger partial charge in [-0.3, -0.25) is 0 Å². The SMILES string of the molecule is CN1C(c2ccc(-c3ccccc3)cc2)=NC(c2ccc(-c3ccccc3)cc2)=NC1c1ccc2c(c1)Oc1ccccc1C21c2ccccc2-c2ccccc21. The van der Waals surface area contributed by atoms with E-state index in [4.69, 9.17) is 14.7 Å². The quantitative estimate of drug-likeness (QED) is 0.177. The molecule has 0 fully saturated rings. The van der Waals surface area contributed by atoms with Crippen LogP contribution in [0.1, 0.15) is 45.1 Å². The highest BCUT2D eigenvalue weighted by Gasteiger charge is 2.51. The molecule has 1 atom stereocenters. The molecule has 8 aromatic carbocycles. The van der Waals surface area contributed by atoms with Crippen LogP contribution in [0.15, 0.2) is 210 Å². The largest absolute Gasteiger partial charge is 0.457 e. The standard InChI is InChI=1S/C53H37N3O/c1-56-51(40-30-26-38(27-31-40)36-16-6-3-7-17-36)54-50(39-28-24-37(25-29-39)35-14-4-2-5-15-35)55-52(56)41-32-33-47-49(34-41)57-48-23-13-12-22-46(48)53(47)44-20-10-8-18-42(44)43-19-9-11-21-45(43)53/h2-34,52H,1H3. The van der Waals surface area contributed by atoms with Crippen molar-refractivity contribution in [2.75, 3.05) is 7.05 Å². The molecule has 2 heterocycles. The molecule has 1 spiro atoms. The van der Waals surface area contributed by atoms with Crippen LogP contribution in [0.5, 0.6) is 11.5 Å². The van der Waals surface area contributed by atoms with Crippen molar-refractivity contribution < 1.29 is 4.74 Å².